The van der Waals surface area contributed by atoms with Gasteiger partial charge in [-0.15, -0.1) is 0 Å². The standard InChI is InChI=1S/C16H16O3/c1-12-4-3-5-13(8-12)11-19-16-9-15(18-2)7-6-14(16)10-17/h3-10H,11H2,1-2H3. The van der Waals surface area contributed by atoms with E-state index < -0.39 is 0 Å². The van der Waals surface area contributed by atoms with Gasteiger partial charge in [0.25, 0.3) is 0 Å². The lowest BCUT2D eigenvalue weighted by atomic mass is 10.1. The second-order valence-corrected chi connectivity index (χ2v) is 4.30. The van der Waals surface area contributed by atoms with Gasteiger partial charge in [0.05, 0.1) is 12.7 Å². The molecule has 0 aliphatic carbocycles. The SMILES string of the molecule is COc1ccc(C=O)c(OCc2cccc(C)c2)c1. The van der Waals surface area contributed by atoms with Crippen LogP contribution in [-0.2, 0) is 6.61 Å². The highest BCUT2D eigenvalue weighted by atomic mass is 16.5. The molecule has 0 aliphatic rings. The molecule has 0 saturated heterocycles. The molecular weight excluding hydrogens is 240 g/mol. The van der Waals surface area contributed by atoms with E-state index in [4.69, 9.17) is 9.47 Å². The zero-order valence-electron chi connectivity index (χ0n) is 11.1. The zero-order valence-corrected chi connectivity index (χ0v) is 11.1. The summed E-state index contributed by atoms with van der Waals surface area (Å²) in [5, 5.41) is 0. The monoisotopic (exact) mass is 256 g/mol. The molecule has 3 heteroatoms. The zero-order chi connectivity index (χ0) is 13.7. The van der Waals surface area contributed by atoms with Crippen molar-refractivity contribution in [3.63, 3.8) is 0 Å². The number of rotatable bonds is 5. The van der Waals surface area contributed by atoms with Gasteiger partial charge in [0, 0.05) is 6.07 Å². The van der Waals surface area contributed by atoms with E-state index in [9.17, 15) is 4.79 Å². The number of benzene rings is 2. The van der Waals surface area contributed by atoms with Gasteiger partial charge in [-0.05, 0) is 24.6 Å². The predicted octanol–water partition coefficient (Wildman–Crippen LogP) is 3.40. The number of hydrogen-bond acceptors (Lipinski definition) is 3. The van der Waals surface area contributed by atoms with Crippen LogP contribution in [0.25, 0.3) is 0 Å². The fourth-order valence-corrected chi connectivity index (χ4v) is 1.83. The van der Waals surface area contributed by atoms with Crippen LogP contribution in [0.3, 0.4) is 0 Å². The molecule has 0 fully saturated rings. The van der Waals surface area contributed by atoms with Crippen LogP contribution in [0.2, 0.25) is 0 Å². The van der Waals surface area contributed by atoms with Gasteiger partial charge in [0.1, 0.15) is 18.1 Å². The third-order valence-electron chi connectivity index (χ3n) is 2.82. The molecule has 0 heterocycles. The van der Waals surface area contributed by atoms with Crippen molar-refractivity contribution in [1.29, 1.82) is 0 Å². The van der Waals surface area contributed by atoms with Gasteiger partial charge in [0.15, 0.2) is 6.29 Å². The van der Waals surface area contributed by atoms with Crippen molar-refractivity contribution in [2.45, 2.75) is 13.5 Å². The summed E-state index contributed by atoms with van der Waals surface area (Å²) in [7, 11) is 1.58. The van der Waals surface area contributed by atoms with E-state index in [1.165, 1.54) is 5.56 Å². The molecule has 0 saturated carbocycles. The van der Waals surface area contributed by atoms with Gasteiger partial charge in [-0.25, -0.2) is 0 Å². The van der Waals surface area contributed by atoms with Gasteiger partial charge < -0.3 is 9.47 Å². The van der Waals surface area contributed by atoms with E-state index in [1.54, 1.807) is 25.3 Å². The van der Waals surface area contributed by atoms with Crippen LogP contribution in [0.4, 0.5) is 0 Å². The summed E-state index contributed by atoms with van der Waals surface area (Å²) >= 11 is 0. The van der Waals surface area contributed by atoms with Crippen molar-refractivity contribution in [3.05, 3.63) is 59.2 Å². The molecular formula is C16H16O3. The molecule has 0 spiro atoms. The largest absolute Gasteiger partial charge is 0.497 e. The lowest BCUT2D eigenvalue weighted by molar-refractivity contribution is 0.111. The van der Waals surface area contributed by atoms with Gasteiger partial charge in [-0.1, -0.05) is 29.8 Å². The van der Waals surface area contributed by atoms with E-state index >= 15 is 0 Å². The first-order valence-electron chi connectivity index (χ1n) is 6.04. The summed E-state index contributed by atoms with van der Waals surface area (Å²) in [6, 6.07) is 13.2. The maximum absolute atomic E-state index is 11.0. The first-order valence-corrected chi connectivity index (χ1v) is 6.04. The lowest BCUT2D eigenvalue weighted by Gasteiger charge is -2.10. The number of ether oxygens (including phenoxy) is 2. The minimum atomic E-state index is 0.426. The second-order valence-electron chi connectivity index (χ2n) is 4.30. The Kier molecular flexibility index (Phi) is 4.18. The summed E-state index contributed by atoms with van der Waals surface area (Å²) in [6.07, 6.45) is 0.783. The van der Waals surface area contributed by atoms with Crippen LogP contribution in [0, 0.1) is 6.92 Å². The Balaban J connectivity index is 2.16. The second kappa shape index (κ2) is 6.05. The number of carbonyl (C=O) groups is 1. The Morgan fingerprint density at radius 1 is 1.16 bits per heavy atom. The number of carbonyl (C=O) groups excluding carboxylic acids is 1. The quantitative estimate of drug-likeness (QED) is 0.769. The van der Waals surface area contributed by atoms with Gasteiger partial charge in [-0.3, -0.25) is 4.79 Å². The van der Waals surface area contributed by atoms with Crippen molar-refractivity contribution < 1.29 is 14.3 Å². The van der Waals surface area contributed by atoms with Crippen molar-refractivity contribution in [2.75, 3.05) is 7.11 Å². The van der Waals surface area contributed by atoms with Crippen LogP contribution >= 0.6 is 0 Å². The normalized spacial score (nSPS) is 10.0. The Labute approximate surface area is 112 Å². The van der Waals surface area contributed by atoms with Crippen molar-refractivity contribution in [1.82, 2.24) is 0 Å². The average molecular weight is 256 g/mol. The predicted molar refractivity (Wildman–Crippen MR) is 73.9 cm³/mol. The van der Waals surface area contributed by atoms with Crippen LogP contribution in [0.1, 0.15) is 21.5 Å². The Bertz CT molecular complexity index is 576. The van der Waals surface area contributed by atoms with E-state index in [0.717, 1.165) is 11.8 Å². The molecule has 0 aliphatic heterocycles. The van der Waals surface area contributed by atoms with Crippen molar-refractivity contribution >= 4 is 6.29 Å². The van der Waals surface area contributed by atoms with Crippen LogP contribution in [0.15, 0.2) is 42.5 Å². The third-order valence-corrected chi connectivity index (χ3v) is 2.82. The number of hydrogen-bond donors (Lipinski definition) is 0. The van der Waals surface area contributed by atoms with Gasteiger partial charge in [0.2, 0.25) is 0 Å². The van der Waals surface area contributed by atoms with Crippen LogP contribution < -0.4 is 9.47 Å². The highest BCUT2D eigenvalue weighted by Crippen LogP contribution is 2.24. The smallest absolute Gasteiger partial charge is 0.153 e. The number of methoxy groups -OCH3 is 1. The maximum Gasteiger partial charge on any atom is 0.153 e. The van der Waals surface area contributed by atoms with Gasteiger partial charge >= 0.3 is 0 Å². The van der Waals surface area contributed by atoms with E-state index in [0.29, 0.717) is 23.7 Å². The Morgan fingerprint density at radius 2 is 2.00 bits per heavy atom. The summed E-state index contributed by atoms with van der Waals surface area (Å²) in [4.78, 5) is 11.0. The molecule has 2 aromatic rings. The molecule has 0 bridgehead atoms. The molecule has 0 unspecified atom stereocenters. The third kappa shape index (κ3) is 3.35. The minimum Gasteiger partial charge on any atom is -0.497 e. The molecule has 98 valence electrons. The molecule has 0 radical (unpaired) electrons. The molecule has 2 rings (SSSR count). The molecule has 19 heavy (non-hydrogen) atoms. The van der Waals surface area contributed by atoms with Crippen molar-refractivity contribution in [2.24, 2.45) is 0 Å². The minimum absolute atomic E-state index is 0.426. The topological polar surface area (TPSA) is 35.5 Å². The summed E-state index contributed by atoms with van der Waals surface area (Å²) in [6.45, 7) is 2.46. The van der Waals surface area contributed by atoms with E-state index in [1.807, 2.05) is 25.1 Å². The van der Waals surface area contributed by atoms with E-state index in [2.05, 4.69) is 6.07 Å². The molecule has 0 amide bonds. The summed E-state index contributed by atoms with van der Waals surface area (Å²) in [5.41, 5.74) is 2.77. The highest BCUT2D eigenvalue weighted by Gasteiger charge is 2.05. The molecule has 0 aromatic heterocycles. The molecule has 2 aromatic carbocycles. The highest BCUT2D eigenvalue weighted by molar-refractivity contribution is 5.79. The average Bonchev–Trinajstić information content (AvgIpc) is 2.45. The molecule has 0 N–H and O–H groups in total. The van der Waals surface area contributed by atoms with Gasteiger partial charge in [-0.2, -0.15) is 0 Å². The van der Waals surface area contributed by atoms with Crippen molar-refractivity contribution in [3.8, 4) is 11.5 Å². The Morgan fingerprint density at radius 3 is 2.68 bits per heavy atom. The Hall–Kier alpha value is -2.29. The summed E-state index contributed by atoms with van der Waals surface area (Å²) < 4.78 is 10.8. The molecule has 3 nitrogen and oxygen atoms in total. The molecule has 0 atom stereocenters. The fraction of sp³-hybridized carbons (Fsp3) is 0.188. The fourth-order valence-electron chi connectivity index (χ4n) is 1.83. The summed E-state index contributed by atoms with van der Waals surface area (Å²) in [5.74, 6) is 1.21. The first kappa shape index (κ1) is 13.1. The van der Waals surface area contributed by atoms with E-state index in [-0.39, 0.29) is 0 Å². The van der Waals surface area contributed by atoms with Crippen LogP contribution in [-0.4, -0.2) is 13.4 Å². The maximum atomic E-state index is 11.0. The lowest BCUT2D eigenvalue weighted by Crippen LogP contribution is -1.99. The first-order chi connectivity index (χ1) is 9.22. The number of aldehydes is 1. The number of aryl methyl sites for hydroxylation is 1. The van der Waals surface area contributed by atoms with Crippen LogP contribution in [0.5, 0.6) is 11.5 Å².